The van der Waals surface area contributed by atoms with Crippen molar-refractivity contribution in [1.29, 1.82) is 0 Å². The lowest BCUT2D eigenvalue weighted by Gasteiger charge is -2.50. The monoisotopic (exact) mass is 438 g/mol. The van der Waals surface area contributed by atoms with E-state index in [0.717, 1.165) is 34.3 Å². The van der Waals surface area contributed by atoms with E-state index >= 15 is 0 Å². The summed E-state index contributed by atoms with van der Waals surface area (Å²) < 4.78 is 7.49. The van der Waals surface area contributed by atoms with Gasteiger partial charge in [0.15, 0.2) is 0 Å². The van der Waals surface area contributed by atoms with Gasteiger partial charge in [0.05, 0.1) is 30.2 Å². The summed E-state index contributed by atoms with van der Waals surface area (Å²) in [5.74, 6) is 1.64. The molecule has 5 heterocycles. The predicted molar refractivity (Wildman–Crippen MR) is 134 cm³/mol. The number of methoxy groups -OCH3 is 1. The van der Waals surface area contributed by atoms with Gasteiger partial charge in [-0.1, -0.05) is 6.07 Å². The Labute approximate surface area is 195 Å². The van der Waals surface area contributed by atoms with Gasteiger partial charge in [0.2, 0.25) is 0 Å². The molecule has 0 spiro atoms. The molecule has 3 aliphatic rings. The fourth-order valence-corrected chi connectivity index (χ4v) is 5.66. The van der Waals surface area contributed by atoms with Gasteiger partial charge in [0.25, 0.3) is 0 Å². The van der Waals surface area contributed by atoms with Gasteiger partial charge in [-0.15, -0.1) is 0 Å². The molecule has 3 saturated heterocycles. The summed E-state index contributed by atoms with van der Waals surface area (Å²) in [5, 5.41) is 4.99. The van der Waals surface area contributed by atoms with Crippen LogP contribution in [0.4, 0.5) is 5.69 Å². The highest BCUT2D eigenvalue weighted by Gasteiger charge is 2.39. The van der Waals surface area contributed by atoms with Crippen molar-refractivity contribution in [2.24, 2.45) is 5.92 Å². The third-order valence-corrected chi connectivity index (χ3v) is 7.61. The Bertz CT molecular complexity index is 1250. The fraction of sp³-hybridized carbons (Fsp3) is 0.321. The highest BCUT2D eigenvalue weighted by Crippen LogP contribution is 2.34. The van der Waals surface area contributed by atoms with Crippen molar-refractivity contribution in [3.05, 3.63) is 73.1 Å². The van der Waals surface area contributed by atoms with E-state index in [9.17, 15) is 0 Å². The first-order chi connectivity index (χ1) is 16.2. The van der Waals surface area contributed by atoms with Crippen LogP contribution in [-0.2, 0) is 0 Å². The summed E-state index contributed by atoms with van der Waals surface area (Å²) in [6.07, 6.45) is 6.73. The van der Waals surface area contributed by atoms with Crippen LogP contribution in [0.15, 0.2) is 73.1 Å². The van der Waals surface area contributed by atoms with E-state index < -0.39 is 0 Å². The zero-order chi connectivity index (χ0) is 22.4. The van der Waals surface area contributed by atoms with E-state index in [1.54, 1.807) is 7.11 Å². The number of hydrogen-bond acceptors (Lipinski definition) is 4. The van der Waals surface area contributed by atoms with E-state index in [1.165, 1.54) is 36.8 Å². The van der Waals surface area contributed by atoms with Crippen molar-refractivity contribution in [1.82, 2.24) is 14.5 Å². The van der Waals surface area contributed by atoms with Crippen molar-refractivity contribution in [2.45, 2.75) is 31.8 Å². The van der Waals surface area contributed by atoms with Crippen LogP contribution in [0, 0.1) is 5.92 Å². The summed E-state index contributed by atoms with van der Waals surface area (Å²) >= 11 is 0. The topological polar surface area (TPSA) is 42.3 Å². The molecule has 168 valence electrons. The van der Waals surface area contributed by atoms with Crippen molar-refractivity contribution in [3.8, 4) is 22.7 Å². The average Bonchev–Trinajstić information content (AvgIpc) is 3.30. The third-order valence-electron chi connectivity index (χ3n) is 7.61. The first kappa shape index (κ1) is 20.3. The maximum atomic E-state index is 5.28. The van der Waals surface area contributed by atoms with Crippen LogP contribution in [0.25, 0.3) is 27.8 Å². The number of pyridine rings is 1. The number of nitrogens with zero attached hydrogens (tertiary/aromatic N) is 3. The molecule has 7 rings (SSSR count). The van der Waals surface area contributed by atoms with Crippen molar-refractivity contribution >= 4 is 16.6 Å². The molecule has 0 unspecified atom stereocenters. The number of rotatable bonds is 5. The van der Waals surface area contributed by atoms with Gasteiger partial charge in [-0.3, -0.25) is 9.88 Å². The number of aromatic nitrogens is 2. The minimum Gasteiger partial charge on any atom is -0.497 e. The van der Waals surface area contributed by atoms with Gasteiger partial charge < -0.3 is 14.6 Å². The van der Waals surface area contributed by atoms with Crippen molar-refractivity contribution < 1.29 is 4.74 Å². The van der Waals surface area contributed by atoms with E-state index in [2.05, 4.69) is 76.4 Å². The second-order valence-corrected chi connectivity index (χ2v) is 9.37. The minimum atomic E-state index is 0.522. The number of ether oxygens (including phenoxy) is 1. The normalized spacial score (nSPS) is 24.2. The van der Waals surface area contributed by atoms with E-state index in [1.807, 2.05) is 18.3 Å². The largest absolute Gasteiger partial charge is 0.497 e. The van der Waals surface area contributed by atoms with Crippen LogP contribution < -0.4 is 10.1 Å². The Morgan fingerprint density at radius 2 is 1.79 bits per heavy atom. The molecule has 0 saturated carbocycles. The molecule has 5 nitrogen and oxygen atoms in total. The van der Waals surface area contributed by atoms with Gasteiger partial charge in [-0.05, 0) is 93.4 Å². The molecule has 0 aliphatic carbocycles. The van der Waals surface area contributed by atoms with Crippen LogP contribution in [0.2, 0.25) is 0 Å². The molecule has 2 atom stereocenters. The van der Waals surface area contributed by atoms with Crippen LogP contribution in [-0.4, -0.2) is 46.7 Å². The van der Waals surface area contributed by atoms with Gasteiger partial charge in [0.1, 0.15) is 5.75 Å². The quantitative estimate of drug-likeness (QED) is 0.441. The van der Waals surface area contributed by atoms with E-state index in [0.29, 0.717) is 12.1 Å². The molecule has 0 radical (unpaired) electrons. The molecule has 33 heavy (non-hydrogen) atoms. The van der Waals surface area contributed by atoms with Gasteiger partial charge in [-0.2, -0.15) is 0 Å². The van der Waals surface area contributed by atoms with E-state index in [-0.39, 0.29) is 0 Å². The Kier molecular flexibility index (Phi) is 5.07. The fourth-order valence-electron chi connectivity index (χ4n) is 5.66. The van der Waals surface area contributed by atoms with Gasteiger partial charge in [-0.25, -0.2) is 0 Å². The molecule has 2 aromatic heterocycles. The maximum absolute atomic E-state index is 5.28. The van der Waals surface area contributed by atoms with Crippen molar-refractivity contribution in [2.75, 3.05) is 25.5 Å². The molecular weight excluding hydrogens is 408 g/mol. The second-order valence-electron chi connectivity index (χ2n) is 9.37. The average molecular weight is 439 g/mol. The lowest BCUT2D eigenvalue weighted by Crippen LogP contribution is -2.59. The second kappa shape index (κ2) is 8.23. The number of hydrogen-bond donors (Lipinski definition) is 1. The van der Waals surface area contributed by atoms with Gasteiger partial charge >= 0.3 is 0 Å². The summed E-state index contributed by atoms with van der Waals surface area (Å²) in [6, 6.07) is 22.3. The number of fused-ring (bicyclic) bond motifs is 4. The van der Waals surface area contributed by atoms with Crippen molar-refractivity contribution in [3.63, 3.8) is 0 Å². The molecule has 5 heteroatoms. The molecule has 2 bridgehead atoms. The number of piperidine rings is 3. The SMILES string of the molecule is COc1ccc(-n2ccc3cc(-c4ccc(N[C@H]5C6CCN(CC6)[C@@H]5C)cn4)ccc32)cc1. The Morgan fingerprint density at radius 3 is 2.48 bits per heavy atom. The Balaban J connectivity index is 1.22. The molecular formula is C28H30N4O. The zero-order valence-electron chi connectivity index (χ0n) is 19.2. The van der Waals surface area contributed by atoms with Crippen LogP contribution in [0.5, 0.6) is 5.75 Å². The van der Waals surface area contributed by atoms with E-state index in [4.69, 9.17) is 9.72 Å². The molecule has 3 aliphatic heterocycles. The van der Waals surface area contributed by atoms with Gasteiger partial charge in [0, 0.05) is 34.9 Å². The summed E-state index contributed by atoms with van der Waals surface area (Å²) in [5.41, 5.74) is 5.56. The zero-order valence-corrected chi connectivity index (χ0v) is 19.2. The Morgan fingerprint density at radius 1 is 0.970 bits per heavy atom. The predicted octanol–water partition coefficient (Wildman–Crippen LogP) is 5.60. The van der Waals surface area contributed by atoms with Crippen LogP contribution >= 0.6 is 0 Å². The third kappa shape index (κ3) is 3.66. The lowest BCUT2D eigenvalue weighted by atomic mass is 9.79. The summed E-state index contributed by atoms with van der Waals surface area (Å²) in [4.78, 5) is 7.41. The highest BCUT2D eigenvalue weighted by atomic mass is 16.5. The standard InChI is InChI=1S/C28H30N4O/c1-19-28(20-11-14-31(19)15-12-20)30-23-4-9-26(29-18-23)21-3-10-27-22(17-21)13-16-32(27)24-5-7-25(33-2)8-6-24/h3-10,13,16-20,28,30H,11-12,14-15H2,1-2H3/t19-,28-/m1/s1. The molecule has 3 fully saturated rings. The molecule has 0 amide bonds. The van der Waals surface area contributed by atoms with Crippen LogP contribution in [0.3, 0.4) is 0 Å². The first-order valence-electron chi connectivity index (χ1n) is 11.9. The first-order valence-corrected chi connectivity index (χ1v) is 11.9. The summed E-state index contributed by atoms with van der Waals surface area (Å²) in [6.45, 7) is 4.87. The smallest absolute Gasteiger partial charge is 0.119 e. The minimum absolute atomic E-state index is 0.522. The molecule has 2 aromatic carbocycles. The number of anilines is 1. The number of benzene rings is 2. The summed E-state index contributed by atoms with van der Waals surface area (Å²) in [7, 11) is 1.69. The molecule has 1 N–H and O–H groups in total. The Hall–Kier alpha value is -3.31. The van der Waals surface area contributed by atoms with Crippen LogP contribution in [0.1, 0.15) is 19.8 Å². The highest BCUT2D eigenvalue weighted by molar-refractivity contribution is 5.86. The number of nitrogens with one attached hydrogen (secondary N) is 1. The lowest BCUT2D eigenvalue weighted by molar-refractivity contribution is 0.0458. The maximum Gasteiger partial charge on any atom is 0.119 e. The molecule has 4 aromatic rings.